The fraction of sp³-hybridized carbons (Fsp3) is 0.158. The largest absolute Gasteiger partial charge is 0.497 e. The molecule has 1 aromatic heterocycles. The third-order valence-electron chi connectivity index (χ3n) is 3.90. The zero-order valence-corrected chi connectivity index (χ0v) is 13.8. The van der Waals surface area contributed by atoms with Crippen molar-refractivity contribution < 1.29 is 23.5 Å². The number of carbonyl (C=O) groups is 2. The quantitative estimate of drug-likeness (QED) is 0.563. The predicted octanol–water partition coefficient (Wildman–Crippen LogP) is 3.97. The molecule has 0 aliphatic heterocycles. The summed E-state index contributed by atoms with van der Waals surface area (Å²) in [6, 6.07) is 9.07. The number of aromatic nitrogens is 1. The molecule has 5 nitrogen and oxygen atoms in total. The van der Waals surface area contributed by atoms with E-state index in [1.54, 1.807) is 31.2 Å². The Balaban J connectivity index is 2.33. The number of halogens is 1. The van der Waals surface area contributed by atoms with Crippen LogP contribution in [0.1, 0.15) is 27.8 Å². The summed E-state index contributed by atoms with van der Waals surface area (Å²) in [6.45, 7) is 1.90. The number of rotatable bonds is 5. The van der Waals surface area contributed by atoms with Crippen molar-refractivity contribution in [2.45, 2.75) is 6.92 Å². The van der Waals surface area contributed by atoms with Gasteiger partial charge in [-0.2, -0.15) is 0 Å². The Kier molecular flexibility index (Phi) is 4.52. The molecular formula is C19H16FNO4. The van der Waals surface area contributed by atoms with E-state index < -0.39 is 11.8 Å². The maximum absolute atomic E-state index is 13.8. The number of aromatic amines is 1. The maximum Gasteiger partial charge on any atom is 0.355 e. The molecule has 0 amide bonds. The summed E-state index contributed by atoms with van der Waals surface area (Å²) in [5.41, 5.74) is 2.01. The molecule has 1 heterocycles. The molecular weight excluding hydrogens is 325 g/mol. The van der Waals surface area contributed by atoms with E-state index in [-0.39, 0.29) is 12.3 Å². The molecule has 3 rings (SSSR count). The second-order valence-electron chi connectivity index (χ2n) is 5.36. The fourth-order valence-corrected chi connectivity index (χ4v) is 2.79. The first kappa shape index (κ1) is 16.7. The molecule has 0 bridgehead atoms. The van der Waals surface area contributed by atoms with Gasteiger partial charge < -0.3 is 14.5 Å². The lowest BCUT2D eigenvalue weighted by molar-refractivity contribution is 0.0521. The third kappa shape index (κ3) is 2.98. The Labute approximate surface area is 143 Å². The molecule has 25 heavy (non-hydrogen) atoms. The number of benzene rings is 2. The number of aldehydes is 1. The molecule has 3 aromatic rings. The molecule has 0 radical (unpaired) electrons. The van der Waals surface area contributed by atoms with E-state index in [4.69, 9.17) is 9.47 Å². The Morgan fingerprint density at radius 1 is 1.24 bits per heavy atom. The highest BCUT2D eigenvalue weighted by atomic mass is 19.1. The molecule has 0 fully saturated rings. The molecule has 2 aromatic carbocycles. The van der Waals surface area contributed by atoms with Gasteiger partial charge in [-0.25, -0.2) is 9.18 Å². The molecule has 0 spiro atoms. The minimum Gasteiger partial charge on any atom is -0.497 e. The second kappa shape index (κ2) is 6.76. The Morgan fingerprint density at radius 3 is 2.72 bits per heavy atom. The maximum atomic E-state index is 13.8. The van der Waals surface area contributed by atoms with Crippen LogP contribution in [0.5, 0.6) is 5.75 Å². The van der Waals surface area contributed by atoms with Crippen LogP contribution in [0, 0.1) is 5.82 Å². The summed E-state index contributed by atoms with van der Waals surface area (Å²) < 4.78 is 24.0. The van der Waals surface area contributed by atoms with Gasteiger partial charge in [-0.1, -0.05) is 0 Å². The van der Waals surface area contributed by atoms with Crippen molar-refractivity contribution >= 4 is 23.2 Å². The minimum atomic E-state index is -0.568. The van der Waals surface area contributed by atoms with Gasteiger partial charge in [0.1, 0.15) is 17.3 Å². The van der Waals surface area contributed by atoms with E-state index in [2.05, 4.69) is 4.98 Å². The number of hydrogen-bond donors (Lipinski definition) is 1. The lowest BCUT2D eigenvalue weighted by Gasteiger charge is -2.09. The average Bonchev–Trinajstić information content (AvgIpc) is 2.99. The van der Waals surface area contributed by atoms with Gasteiger partial charge in [-0.15, -0.1) is 0 Å². The number of hydrogen-bond acceptors (Lipinski definition) is 4. The van der Waals surface area contributed by atoms with Crippen LogP contribution >= 0.6 is 0 Å². The van der Waals surface area contributed by atoms with Crippen LogP contribution < -0.4 is 4.74 Å². The third-order valence-corrected chi connectivity index (χ3v) is 3.90. The Hall–Kier alpha value is -3.15. The number of methoxy groups -OCH3 is 1. The zero-order valence-electron chi connectivity index (χ0n) is 13.8. The van der Waals surface area contributed by atoms with Crippen molar-refractivity contribution in [2.75, 3.05) is 13.7 Å². The van der Waals surface area contributed by atoms with Gasteiger partial charge in [0.15, 0.2) is 6.29 Å². The SMILES string of the molecule is CCOC(=O)c1[nH]c2ccc(F)cc2c1-c1ccc(OC)cc1C=O. The van der Waals surface area contributed by atoms with Crippen molar-refractivity contribution in [1.29, 1.82) is 0 Å². The molecule has 0 unspecified atom stereocenters. The number of ether oxygens (including phenoxy) is 2. The molecule has 128 valence electrons. The Bertz CT molecular complexity index is 961. The van der Waals surface area contributed by atoms with Gasteiger partial charge in [-0.05, 0) is 48.9 Å². The first-order valence-electron chi connectivity index (χ1n) is 7.71. The van der Waals surface area contributed by atoms with Crippen molar-refractivity contribution in [3.05, 3.63) is 53.5 Å². The second-order valence-corrected chi connectivity index (χ2v) is 5.36. The van der Waals surface area contributed by atoms with Crippen LogP contribution in [0.25, 0.3) is 22.0 Å². The van der Waals surface area contributed by atoms with Gasteiger partial charge in [0.25, 0.3) is 0 Å². The number of fused-ring (bicyclic) bond motifs is 1. The van der Waals surface area contributed by atoms with E-state index in [1.165, 1.54) is 19.2 Å². The topological polar surface area (TPSA) is 68.4 Å². The van der Waals surface area contributed by atoms with Crippen LogP contribution in [0.3, 0.4) is 0 Å². The minimum absolute atomic E-state index is 0.177. The van der Waals surface area contributed by atoms with Gasteiger partial charge in [0.05, 0.1) is 13.7 Å². The summed E-state index contributed by atoms with van der Waals surface area (Å²) in [6.07, 6.45) is 0.672. The first-order chi connectivity index (χ1) is 12.1. The highest BCUT2D eigenvalue weighted by Crippen LogP contribution is 2.36. The van der Waals surface area contributed by atoms with Gasteiger partial charge >= 0.3 is 5.97 Å². The van der Waals surface area contributed by atoms with Crippen LogP contribution in [0.15, 0.2) is 36.4 Å². The molecule has 1 N–H and O–H groups in total. The summed E-state index contributed by atoms with van der Waals surface area (Å²) in [5.74, 6) is -0.499. The van der Waals surface area contributed by atoms with Crippen LogP contribution in [0.4, 0.5) is 4.39 Å². The number of carbonyl (C=O) groups excluding carboxylic acids is 2. The normalized spacial score (nSPS) is 10.7. The number of H-pyrrole nitrogens is 1. The van der Waals surface area contributed by atoms with Crippen molar-refractivity contribution in [3.63, 3.8) is 0 Å². The average molecular weight is 341 g/mol. The molecule has 0 aliphatic carbocycles. The van der Waals surface area contributed by atoms with E-state index in [9.17, 15) is 14.0 Å². The van der Waals surface area contributed by atoms with E-state index in [1.807, 2.05) is 0 Å². The molecule has 6 heteroatoms. The predicted molar refractivity (Wildman–Crippen MR) is 91.6 cm³/mol. The molecule has 0 aliphatic rings. The number of nitrogens with one attached hydrogen (secondary N) is 1. The van der Waals surface area contributed by atoms with E-state index in [0.717, 1.165) is 0 Å². The highest BCUT2D eigenvalue weighted by molar-refractivity contribution is 6.10. The van der Waals surface area contributed by atoms with Crippen molar-refractivity contribution in [2.24, 2.45) is 0 Å². The number of esters is 1. The van der Waals surface area contributed by atoms with Crippen molar-refractivity contribution in [3.8, 4) is 16.9 Å². The van der Waals surface area contributed by atoms with Crippen LogP contribution in [-0.2, 0) is 4.74 Å². The van der Waals surface area contributed by atoms with Gasteiger partial charge in [0, 0.05) is 22.0 Å². The molecule has 0 saturated heterocycles. The van der Waals surface area contributed by atoms with Gasteiger partial charge in [0.2, 0.25) is 0 Å². The summed E-state index contributed by atoms with van der Waals surface area (Å²) in [4.78, 5) is 26.9. The van der Waals surface area contributed by atoms with E-state index >= 15 is 0 Å². The molecule has 0 saturated carbocycles. The lowest BCUT2D eigenvalue weighted by atomic mass is 9.97. The van der Waals surface area contributed by atoms with Crippen LogP contribution in [0.2, 0.25) is 0 Å². The fourth-order valence-electron chi connectivity index (χ4n) is 2.79. The molecule has 0 atom stereocenters. The lowest BCUT2D eigenvalue weighted by Crippen LogP contribution is -2.07. The van der Waals surface area contributed by atoms with Crippen LogP contribution in [-0.4, -0.2) is 31.0 Å². The monoisotopic (exact) mass is 341 g/mol. The Morgan fingerprint density at radius 2 is 2.04 bits per heavy atom. The standard InChI is InChI=1S/C19H16FNO4/c1-3-25-19(23)18-17(15-9-12(20)4-7-16(15)21-18)14-6-5-13(24-2)8-11(14)10-22/h4-10,21H,3H2,1-2H3. The first-order valence-corrected chi connectivity index (χ1v) is 7.71. The summed E-state index contributed by atoms with van der Waals surface area (Å²) in [5, 5.41) is 0.497. The summed E-state index contributed by atoms with van der Waals surface area (Å²) >= 11 is 0. The highest BCUT2D eigenvalue weighted by Gasteiger charge is 2.22. The van der Waals surface area contributed by atoms with E-state index in [0.29, 0.717) is 39.6 Å². The zero-order chi connectivity index (χ0) is 18.0. The van der Waals surface area contributed by atoms with Crippen molar-refractivity contribution in [1.82, 2.24) is 4.98 Å². The van der Waals surface area contributed by atoms with Gasteiger partial charge in [-0.3, -0.25) is 4.79 Å². The smallest absolute Gasteiger partial charge is 0.355 e. The summed E-state index contributed by atoms with van der Waals surface area (Å²) in [7, 11) is 1.49.